The lowest BCUT2D eigenvalue weighted by atomic mass is 9.89. The first-order chi connectivity index (χ1) is 6.20. The van der Waals surface area contributed by atoms with Crippen LogP contribution in [0.2, 0.25) is 0 Å². The fraction of sp³-hybridized carbons (Fsp3) is 1.00. The van der Waals surface area contributed by atoms with E-state index in [1.165, 1.54) is 0 Å². The van der Waals surface area contributed by atoms with Crippen molar-refractivity contribution in [3.05, 3.63) is 0 Å². The molecule has 1 saturated carbocycles. The largest absolute Gasteiger partial charge is 0.392 e. The van der Waals surface area contributed by atoms with E-state index in [0.717, 1.165) is 32.4 Å². The zero-order valence-corrected chi connectivity index (χ0v) is 8.62. The van der Waals surface area contributed by atoms with Crippen LogP contribution >= 0.6 is 0 Å². The van der Waals surface area contributed by atoms with Crippen molar-refractivity contribution >= 4 is 0 Å². The van der Waals surface area contributed by atoms with Gasteiger partial charge in [0.25, 0.3) is 0 Å². The summed E-state index contributed by atoms with van der Waals surface area (Å²) in [4.78, 5) is 0. The molecule has 0 heterocycles. The van der Waals surface area contributed by atoms with Crippen LogP contribution in [0.25, 0.3) is 0 Å². The van der Waals surface area contributed by atoms with Gasteiger partial charge in [0.2, 0.25) is 0 Å². The number of nitrogens with one attached hydrogen (secondary N) is 1. The van der Waals surface area contributed by atoms with Gasteiger partial charge in [-0.25, -0.2) is 0 Å². The first kappa shape index (κ1) is 11.0. The summed E-state index contributed by atoms with van der Waals surface area (Å²) in [6.45, 7) is 5.86. The molecule has 0 aromatic rings. The van der Waals surface area contributed by atoms with Gasteiger partial charge in [-0.05, 0) is 39.7 Å². The Kier molecular flexibility index (Phi) is 4.70. The zero-order chi connectivity index (χ0) is 9.68. The van der Waals surface area contributed by atoms with Crippen LogP contribution in [-0.2, 0) is 4.74 Å². The standard InChI is InChI=1S/C10H21NO2/c1-8(2)13-7-3-6-11-9-4-5-10(9)12/h8-12H,3-7H2,1-2H3/t9-,10-/m1/s1. The van der Waals surface area contributed by atoms with Crippen molar-refractivity contribution in [3.8, 4) is 0 Å². The quantitative estimate of drug-likeness (QED) is 0.607. The Morgan fingerprint density at radius 1 is 1.46 bits per heavy atom. The van der Waals surface area contributed by atoms with E-state index in [9.17, 15) is 5.11 Å². The molecule has 0 aliphatic heterocycles. The van der Waals surface area contributed by atoms with Crippen molar-refractivity contribution in [1.29, 1.82) is 0 Å². The van der Waals surface area contributed by atoms with Crippen molar-refractivity contribution in [2.45, 2.75) is 51.4 Å². The van der Waals surface area contributed by atoms with Gasteiger partial charge in [0.15, 0.2) is 0 Å². The highest BCUT2D eigenvalue weighted by atomic mass is 16.5. The number of aliphatic hydroxyl groups is 1. The van der Waals surface area contributed by atoms with E-state index in [-0.39, 0.29) is 6.10 Å². The van der Waals surface area contributed by atoms with E-state index in [1.807, 2.05) is 13.8 Å². The average Bonchev–Trinajstić information content (AvgIpc) is 2.08. The molecular formula is C10H21NO2. The molecule has 0 aromatic carbocycles. The second-order valence-electron chi connectivity index (χ2n) is 3.98. The van der Waals surface area contributed by atoms with Gasteiger partial charge in [0.05, 0.1) is 12.2 Å². The molecular weight excluding hydrogens is 166 g/mol. The summed E-state index contributed by atoms with van der Waals surface area (Å²) < 4.78 is 5.40. The average molecular weight is 187 g/mol. The third-order valence-electron chi connectivity index (χ3n) is 2.42. The van der Waals surface area contributed by atoms with Gasteiger partial charge in [-0.3, -0.25) is 0 Å². The number of hydrogen-bond donors (Lipinski definition) is 2. The molecule has 78 valence electrons. The fourth-order valence-electron chi connectivity index (χ4n) is 1.40. The molecule has 0 bridgehead atoms. The maximum absolute atomic E-state index is 9.26. The van der Waals surface area contributed by atoms with E-state index in [1.54, 1.807) is 0 Å². The first-order valence-electron chi connectivity index (χ1n) is 5.23. The molecule has 2 N–H and O–H groups in total. The topological polar surface area (TPSA) is 41.5 Å². The Balaban J connectivity index is 1.84. The van der Waals surface area contributed by atoms with Crippen LogP contribution in [0.5, 0.6) is 0 Å². The van der Waals surface area contributed by atoms with Crippen LogP contribution in [0.4, 0.5) is 0 Å². The third kappa shape index (κ3) is 4.07. The lowest BCUT2D eigenvalue weighted by Gasteiger charge is -2.33. The van der Waals surface area contributed by atoms with Crippen LogP contribution in [0.15, 0.2) is 0 Å². The fourth-order valence-corrected chi connectivity index (χ4v) is 1.40. The molecule has 1 aliphatic rings. The Bertz CT molecular complexity index is 139. The molecule has 3 heteroatoms. The highest BCUT2D eigenvalue weighted by Gasteiger charge is 2.27. The minimum absolute atomic E-state index is 0.106. The summed E-state index contributed by atoms with van der Waals surface area (Å²) in [5.41, 5.74) is 0. The molecule has 1 aliphatic carbocycles. The summed E-state index contributed by atoms with van der Waals surface area (Å²) in [5.74, 6) is 0. The molecule has 0 amide bonds. The van der Waals surface area contributed by atoms with Crippen molar-refractivity contribution in [3.63, 3.8) is 0 Å². The summed E-state index contributed by atoms with van der Waals surface area (Å²) in [6, 6.07) is 0.346. The molecule has 1 fully saturated rings. The maximum Gasteiger partial charge on any atom is 0.0693 e. The predicted molar refractivity (Wildman–Crippen MR) is 52.7 cm³/mol. The Labute approximate surface area is 80.5 Å². The van der Waals surface area contributed by atoms with E-state index < -0.39 is 0 Å². The number of rotatable bonds is 6. The summed E-state index contributed by atoms with van der Waals surface area (Å²) in [6.07, 6.45) is 3.33. The van der Waals surface area contributed by atoms with Gasteiger partial charge < -0.3 is 15.2 Å². The van der Waals surface area contributed by atoms with Gasteiger partial charge in [0.1, 0.15) is 0 Å². The monoisotopic (exact) mass is 187 g/mol. The molecule has 0 aromatic heterocycles. The van der Waals surface area contributed by atoms with Gasteiger partial charge in [0, 0.05) is 12.6 Å². The smallest absolute Gasteiger partial charge is 0.0693 e. The summed E-state index contributed by atoms with van der Waals surface area (Å²) in [5, 5.41) is 12.6. The molecule has 13 heavy (non-hydrogen) atoms. The third-order valence-corrected chi connectivity index (χ3v) is 2.42. The second kappa shape index (κ2) is 5.58. The predicted octanol–water partition coefficient (Wildman–Crippen LogP) is 0.914. The number of hydrogen-bond acceptors (Lipinski definition) is 3. The molecule has 0 saturated heterocycles. The van der Waals surface area contributed by atoms with Crippen LogP contribution in [0, 0.1) is 0 Å². The van der Waals surface area contributed by atoms with Gasteiger partial charge >= 0.3 is 0 Å². The van der Waals surface area contributed by atoms with Crippen molar-refractivity contribution < 1.29 is 9.84 Å². The summed E-state index contributed by atoms with van der Waals surface area (Å²) >= 11 is 0. The van der Waals surface area contributed by atoms with Crippen LogP contribution in [-0.4, -0.2) is 36.5 Å². The highest BCUT2D eigenvalue weighted by Crippen LogP contribution is 2.18. The maximum atomic E-state index is 9.26. The van der Waals surface area contributed by atoms with Crippen LogP contribution in [0.3, 0.4) is 0 Å². The molecule has 0 unspecified atom stereocenters. The summed E-state index contributed by atoms with van der Waals surface area (Å²) in [7, 11) is 0. The van der Waals surface area contributed by atoms with Gasteiger partial charge in [-0.1, -0.05) is 0 Å². The second-order valence-corrected chi connectivity index (χ2v) is 3.98. The van der Waals surface area contributed by atoms with E-state index in [0.29, 0.717) is 12.1 Å². The normalized spacial score (nSPS) is 27.7. The van der Waals surface area contributed by atoms with E-state index in [4.69, 9.17) is 4.74 Å². The Morgan fingerprint density at radius 2 is 2.23 bits per heavy atom. The first-order valence-corrected chi connectivity index (χ1v) is 5.23. The van der Waals surface area contributed by atoms with Gasteiger partial charge in [-0.2, -0.15) is 0 Å². The van der Waals surface area contributed by atoms with Crippen molar-refractivity contribution in [2.24, 2.45) is 0 Å². The molecule has 0 radical (unpaired) electrons. The van der Waals surface area contributed by atoms with E-state index in [2.05, 4.69) is 5.32 Å². The lowest BCUT2D eigenvalue weighted by Crippen LogP contribution is -2.48. The van der Waals surface area contributed by atoms with Crippen LogP contribution in [0.1, 0.15) is 33.1 Å². The highest BCUT2D eigenvalue weighted by molar-refractivity contribution is 4.85. The van der Waals surface area contributed by atoms with Gasteiger partial charge in [-0.15, -0.1) is 0 Å². The van der Waals surface area contributed by atoms with Crippen molar-refractivity contribution in [2.75, 3.05) is 13.2 Å². The zero-order valence-electron chi connectivity index (χ0n) is 8.62. The Morgan fingerprint density at radius 3 is 2.69 bits per heavy atom. The molecule has 3 nitrogen and oxygen atoms in total. The van der Waals surface area contributed by atoms with Crippen molar-refractivity contribution in [1.82, 2.24) is 5.32 Å². The lowest BCUT2D eigenvalue weighted by molar-refractivity contribution is 0.0449. The molecule has 0 spiro atoms. The number of ether oxygens (including phenoxy) is 1. The van der Waals surface area contributed by atoms with E-state index >= 15 is 0 Å². The molecule has 1 rings (SSSR count). The minimum atomic E-state index is -0.106. The van der Waals surface area contributed by atoms with Crippen LogP contribution < -0.4 is 5.32 Å². The molecule has 2 atom stereocenters. The number of aliphatic hydroxyl groups excluding tert-OH is 1. The SMILES string of the molecule is CC(C)OCCCN[C@@H]1CC[C@H]1O. The Hall–Kier alpha value is -0.120. The minimum Gasteiger partial charge on any atom is -0.392 e.